The van der Waals surface area contributed by atoms with Gasteiger partial charge in [-0.2, -0.15) is 5.10 Å². The van der Waals surface area contributed by atoms with Crippen LogP contribution in [0.25, 0.3) is 0 Å². The van der Waals surface area contributed by atoms with Gasteiger partial charge in [0.2, 0.25) is 0 Å². The van der Waals surface area contributed by atoms with Gasteiger partial charge in [0.25, 0.3) is 0 Å². The molecule has 1 aromatic carbocycles. The smallest absolute Gasteiger partial charge is 0.191 e. The first-order chi connectivity index (χ1) is 12.7. The minimum atomic E-state index is 0.710. The van der Waals surface area contributed by atoms with Gasteiger partial charge in [-0.15, -0.1) is 11.3 Å². The molecule has 0 saturated carbocycles. The van der Waals surface area contributed by atoms with Gasteiger partial charge in [0.05, 0.1) is 10.9 Å². The van der Waals surface area contributed by atoms with E-state index in [9.17, 15) is 0 Å². The van der Waals surface area contributed by atoms with Crippen molar-refractivity contribution in [1.29, 1.82) is 0 Å². The number of hydrogen-bond acceptors (Lipinski definition) is 3. The predicted octanol–water partition coefficient (Wildman–Crippen LogP) is 3.55. The second kappa shape index (κ2) is 9.40. The van der Waals surface area contributed by atoms with Crippen molar-refractivity contribution in [2.45, 2.75) is 19.5 Å². The Bertz CT molecular complexity index is 841. The highest BCUT2D eigenvalue weighted by Crippen LogP contribution is 2.21. The number of aliphatic imine (C=N–C) groups is 1. The number of rotatable bonds is 7. The molecule has 0 amide bonds. The lowest BCUT2D eigenvalue weighted by molar-refractivity contribution is 0.677. The lowest BCUT2D eigenvalue weighted by Crippen LogP contribution is -2.38. The second-order valence-electron chi connectivity index (χ2n) is 5.78. The van der Waals surface area contributed by atoms with Crippen molar-refractivity contribution in [3.05, 3.63) is 75.2 Å². The minimum Gasteiger partial charge on any atom is -0.356 e. The summed E-state index contributed by atoms with van der Waals surface area (Å²) in [4.78, 5) is 5.57. The van der Waals surface area contributed by atoms with Crippen LogP contribution >= 0.6 is 22.9 Å². The maximum atomic E-state index is 5.97. The van der Waals surface area contributed by atoms with Crippen molar-refractivity contribution in [2.75, 3.05) is 13.6 Å². The zero-order valence-electron chi connectivity index (χ0n) is 14.7. The van der Waals surface area contributed by atoms with Crippen LogP contribution in [0, 0.1) is 0 Å². The van der Waals surface area contributed by atoms with Gasteiger partial charge in [-0.1, -0.05) is 35.9 Å². The number of aromatic nitrogens is 2. The molecule has 3 aromatic rings. The summed E-state index contributed by atoms with van der Waals surface area (Å²) >= 11 is 7.59. The first-order valence-corrected chi connectivity index (χ1v) is 9.67. The summed E-state index contributed by atoms with van der Waals surface area (Å²) in [5.74, 6) is 0.793. The number of halogens is 1. The Hall–Kier alpha value is -2.31. The number of hydrogen-bond donors (Lipinski definition) is 2. The van der Waals surface area contributed by atoms with Gasteiger partial charge in [-0.3, -0.25) is 9.67 Å². The normalized spacial score (nSPS) is 11.5. The van der Waals surface area contributed by atoms with E-state index in [2.05, 4.69) is 51.1 Å². The third kappa shape index (κ3) is 5.34. The van der Waals surface area contributed by atoms with Gasteiger partial charge in [-0.25, -0.2) is 0 Å². The maximum Gasteiger partial charge on any atom is 0.191 e. The van der Waals surface area contributed by atoms with E-state index in [4.69, 9.17) is 11.6 Å². The molecule has 2 heterocycles. The molecule has 0 aliphatic carbocycles. The summed E-state index contributed by atoms with van der Waals surface area (Å²) < 4.78 is 2.76. The highest BCUT2D eigenvalue weighted by molar-refractivity contribution is 7.16. The average Bonchev–Trinajstić information content (AvgIpc) is 3.31. The number of nitrogens with zero attached hydrogens (tertiary/aromatic N) is 3. The molecule has 0 aliphatic rings. The first-order valence-electron chi connectivity index (χ1n) is 8.47. The first kappa shape index (κ1) is 18.5. The largest absolute Gasteiger partial charge is 0.356 e. The van der Waals surface area contributed by atoms with Gasteiger partial charge >= 0.3 is 0 Å². The van der Waals surface area contributed by atoms with E-state index in [1.54, 1.807) is 24.6 Å². The van der Waals surface area contributed by atoms with Gasteiger partial charge in [0, 0.05) is 37.4 Å². The third-order valence-corrected chi connectivity index (χ3v) is 5.26. The molecule has 2 aromatic heterocycles. The highest BCUT2D eigenvalue weighted by Gasteiger charge is 2.05. The van der Waals surface area contributed by atoms with Crippen LogP contribution < -0.4 is 10.6 Å². The molecule has 0 bridgehead atoms. The summed E-state index contributed by atoms with van der Waals surface area (Å²) in [5.41, 5.74) is 2.48. The van der Waals surface area contributed by atoms with Gasteiger partial charge < -0.3 is 10.6 Å². The summed E-state index contributed by atoms with van der Waals surface area (Å²) in [6.45, 7) is 2.28. The van der Waals surface area contributed by atoms with E-state index in [1.807, 2.05) is 23.0 Å². The van der Waals surface area contributed by atoms with Crippen molar-refractivity contribution in [3.8, 4) is 0 Å². The molecule has 0 fully saturated rings. The Labute approximate surface area is 162 Å². The molecule has 26 heavy (non-hydrogen) atoms. The molecule has 7 heteroatoms. The van der Waals surface area contributed by atoms with Crippen LogP contribution in [0.5, 0.6) is 0 Å². The van der Waals surface area contributed by atoms with Gasteiger partial charge in [0.1, 0.15) is 0 Å². The van der Waals surface area contributed by atoms with Crippen LogP contribution in [0.15, 0.2) is 59.9 Å². The second-order valence-corrected chi connectivity index (χ2v) is 7.58. The van der Waals surface area contributed by atoms with Crippen LogP contribution in [0.2, 0.25) is 4.34 Å². The van der Waals surface area contributed by atoms with Gasteiger partial charge in [0.15, 0.2) is 5.96 Å². The van der Waals surface area contributed by atoms with E-state index in [0.29, 0.717) is 6.54 Å². The quantitative estimate of drug-likeness (QED) is 0.481. The average molecular weight is 388 g/mol. The SMILES string of the molecule is CN=C(NCCc1ccc(Cl)s1)NCc1ccccc1Cn1cccn1. The van der Waals surface area contributed by atoms with Crippen molar-refractivity contribution in [3.63, 3.8) is 0 Å². The standard InChI is InChI=1S/C19H22ClN5S/c1-21-19(22-11-9-17-7-8-18(20)26-17)23-13-15-5-2-3-6-16(15)14-25-12-4-10-24-25/h2-8,10,12H,9,11,13-14H2,1H3,(H2,21,22,23). The van der Waals surface area contributed by atoms with E-state index in [-0.39, 0.29) is 0 Å². The molecular formula is C19H22ClN5S. The molecule has 0 radical (unpaired) electrons. The zero-order chi connectivity index (χ0) is 18.2. The van der Waals surface area contributed by atoms with E-state index >= 15 is 0 Å². The van der Waals surface area contributed by atoms with E-state index in [0.717, 1.165) is 29.8 Å². The maximum absolute atomic E-state index is 5.97. The predicted molar refractivity (Wildman–Crippen MR) is 109 cm³/mol. The topological polar surface area (TPSA) is 54.2 Å². The Morgan fingerprint density at radius 1 is 1.15 bits per heavy atom. The van der Waals surface area contributed by atoms with Crippen molar-refractivity contribution >= 4 is 28.9 Å². The third-order valence-electron chi connectivity index (χ3n) is 3.97. The molecule has 0 unspecified atom stereocenters. The molecule has 0 atom stereocenters. The Kier molecular flexibility index (Phi) is 6.68. The van der Waals surface area contributed by atoms with Crippen molar-refractivity contribution in [2.24, 2.45) is 4.99 Å². The van der Waals surface area contributed by atoms with Crippen molar-refractivity contribution < 1.29 is 0 Å². The van der Waals surface area contributed by atoms with E-state index in [1.165, 1.54) is 16.0 Å². The van der Waals surface area contributed by atoms with Crippen LogP contribution in [0.4, 0.5) is 0 Å². The van der Waals surface area contributed by atoms with Crippen LogP contribution in [-0.2, 0) is 19.5 Å². The summed E-state index contributed by atoms with van der Waals surface area (Å²) in [6.07, 6.45) is 4.70. The molecular weight excluding hydrogens is 366 g/mol. The Morgan fingerprint density at radius 3 is 2.69 bits per heavy atom. The monoisotopic (exact) mass is 387 g/mol. The highest BCUT2D eigenvalue weighted by atomic mass is 35.5. The fourth-order valence-corrected chi connectivity index (χ4v) is 3.73. The van der Waals surface area contributed by atoms with Gasteiger partial charge in [-0.05, 0) is 35.7 Å². The molecule has 2 N–H and O–H groups in total. The molecule has 0 saturated heterocycles. The number of guanidine groups is 1. The number of benzene rings is 1. The van der Waals surface area contributed by atoms with E-state index < -0.39 is 0 Å². The Morgan fingerprint density at radius 2 is 2.00 bits per heavy atom. The summed E-state index contributed by atoms with van der Waals surface area (Å²) in [7, 11) is 1.78. The van der Waals surface area contributed by atoms with Crippen molar-refractivity contribution in [1.82, 2.24) is 20.4 Å². The Balaban J connectivity index is 1.52. The zero-order valence-corrected chi connectivity index (χ0v) is 16.2. The minimum absolute atomic E-state index is 0.710. The van der Waals surface area contributed by atoms with Crippen LogP contribution in [0.1, 0.15) is 16.0 Å². The molecule has 136 valence electrons. The molecule has 0 aliphatic heterocycles. The lowest BCUT2D eigenvalue weighted by Gasteiger charge is -2.14. The molecule has 3 rings (SSSR count). The number of nitrogens with one attached hydrogen (secondary N) is 2. The fraction of sp³-hybridized carbons (Fsp3) is 0.263. The summed E-state index contributed by atoms with van der Waals surface area (Å²) in [6, 6.07) is 14.3. The van der Waals surface area contributed by atoms with Crippen LogP contribution in [0.3, 0.4) is 0 Å². The molecule has 5 nitrogen and oxygen atoms in total. The summed E-state index contributed by atoms with van der Waals surface area (Å²) in [5, 5.41) is 11.0. The number of thiophene rings is 1. The molecule has 0 spiro atoms. The fourth-order valence-electron chi connectivity index (χ4n) is 2.64. The van der Waals surface area contributed by atoms with Crippen LogP contribution in [-0.4, -0.2) is 29.3 Å². The lowest BCUT2D eigenvalue weighted by atomic mass is 10.1.